The molecule has 0 radical (unpaired) electrons. The summed E-state index contributed by atoms with van der Waals surface area (Å²) in [6.07, 6.45) is 2.47. The molecule has 1 N–H and O–H groups in total. The van der Waals surface area contributed by atoms with Gasteiger partial charge in [0.05, 0.1) is 6.07 Å². The van der Waals surface area contributed by atoms with Gasteiger partial charge in [-0.1, -0.05) is 30.3 Å². The van der Waals surface area contributed by atoms with Crippen molar-refractivity contribution < 1.29 is 4.39 Å². The van der Waals surface area contributed by atoms with E-state index in [0.717, 1.165) is 5.56 Å². The number of benzene rings is 2. The fourth-order valence-corrected chi connectivity index (χ4v) is 2.34. The first-order valence-electron chi connectivity index (χ1n) is 6.78. The molecule has 1 aliphatic rings. The van der Waals surface area contributed by atoms with Crippen molar-refractivity contribution in [2.75, 3.05) is 5.32 Å². The maximum Gasteiger partial charge on any atom is 0.140 e. The molecule has 1 aliphatic carbocycles. The van der Waals surface area contributed by atoms with E-state index in [4.69, 9.17) is 0 Å². The number of hydrogen-bond acceptors (Lipinski definition) is 2. The fourth-order valence-electron chi connectivity index (χ4n) is 2.34. The van der Waals surface area contributed by atoms with E-state index in [-0.39, 0.29) is 5.82 Å². The molecule has 100 valence electrons. The van der Waals surface area contributed by atoms with Gasteiger partial charge in [0.1, 0.15) is 11.9 Å². The van der Waals surface area contributed by atoms with Crippen molar-refractivity contribution in [2.24, 2.45) is 0 Å². The third-order valence-electron chi connectivity index (χ3n) is 3.56. The molecule has 3 rings (SSSR count). The summed E-state index contributed by atoms with van der Waals surface area (Å²) in [5.74, 6) is 0.349. The van der Waals surface area contributed by atoms with Crippen LogP contribution in [0.1, 0.15) is 35.9 Å². The predicted octanol–water partition coefficient (Wildman–Crippen LogP) is 4.38. The largest absolute Gasteiger partial charge is 0.366 e. The molecule has 0 heterocycles. The van der Waals surface area contributed by atoms with Crippen LogP contribution in [-0.2, 0) is 0 Å². The van der Waals surface area contributed by atoms with Crippen molar-refractivity contribution in [1.29, 1.82) is 5.26 Å². The number of hydrogen-bond donors (Lipinski definition) is 1. The van der Waals surface area contributed by atoms with Gasteiger partial charge in [-0.15, -0.1) is 0 Å². The van der Waals surface area contributed by atoms with Crippen LogP contribution in [0.25, 0.3) is 0 Å². The number of nitrogens with one attached hydrogen (secondary N) is 1. The van der Waals surface area contributed by atoms with Gasteiger partial charge in [0.2, 0.25) is 0 Å². The van der Waals surface area contributed by atoms with E-state index in [9.17, 15) is 9.65 Å². The smallest absolute Gasteiger partial charge is 0.140 e. The first-order chi connectivity index (χ1) is 9.76. The van der Waals surface area contributed by atoms with Crippen LogP contribution in [0.2, 0.25) is 0 Å². The summed E-state index contributed by atoms with van der Waals surface area (Å²) >= 11 is 0. The molecule has 1 fully saturated rings. The first kappa shape index (κ1) is 12.7. The third-order valence-corrected chi connectivity index (χ3v) is 3.56. The highest BCUT2D eigenvalue weighted by Gasteiger charge is 2.24. The molecule has 0 bridgehead atoms. The van der Waals surface area contributed by atoms with E-state index < -0.39 is 6.04 Å². The Labute approximate surface area is 117 Å². The zero-order valence-electron chi connectivity index (χ0n) is 11.0. The Morgan fingerprint density at radius 1 is 1.15 bits per heavy atom. The topological polar surface area (TPSA) is 35.8 Å². The van der Waals surface area contributed by atoms with Gasteiger partial charge in [0, 0.05) is 5.69 Å². The molecule has 2 nitrogen and oxygen atoms in total. The van der Waals surface area contributed by atoms with Crippen LogP contribution in [0.3, 0.4) is 0 Å². The second-order valence-corrected chi connectivity index (χ2v) is 5.16. The lowest BCUT2D eigenvalue weighted by molar-refractivity contribution is 0.628. The van der Waals surface area contributed by atoms with E-state index in [0.29, 0.717) is 11.6 Å². The van der Waals surface area contributed by atoms with E-state index in [1.807, 2.05) is 12.1 Å². The summed E-state index contributed by atoms with van der Waals surface area (Å²) in [4.78, 5) is 0. The normalized spacial score (nSPS) is 15.4. The molecule has 1 saturated carbocycles. The van der Waals surface area contributed by atoms with Crippen molar-refractivity contribution >= 4 is 5.69 Å². The Morgan fingerprint density at radius 3 is 2.65 bits per heavy atom. The number of halogens is 1. The van der Waals surface area contributed by atoms with Gasteiger partial charge in [-0.2, -0.15) is 5.26 Å². The van der Waals surface area contributed by atoms with E-state index in [1.54, 1.807) is 12.1 Å². The van der Waals surface area contributed by atoms with Crippen molar-refractivity contribution in [3.63, 3.8) is 0 Å². The molecule has 1 atom stereocenters. The Bertz CT molecular complexity index is 656. The predicted molar refractivity (Wildman–Crippen MR) is 76.8 cm³/mol. The average Bonchev–Trinajstić information content (AvgIpc) is 3.29. The summed E-state index contributed by atoms with van der Waals surface area (Å²) in [5, 5.41) is 12.4. The van der Waals surface area contributed by atoms with E-state index >= 15 is 0 Å². The molecule has 0 saturated heterocycles. The molecule has 20 heavy (non-hydrogen) atoms. The molecule has 0 aromatic heterocycles. The van der Waals surface area contributed by atoms with Crippen LogP contribution < -0.4 is 5.32 Å². The van der Waals surface area contributed by atoms with Gasteiger partial charge in [0.15, 0.2) is 0 Å². The lowest BCUT2D eigenvalue weighted by Gasteiger charge is -2.14. The second-order valence-electron chi connectivity index (χ2n) is 5.16. The van der Waals surface area contributed by atoms with Gasteiger partial charge < -0.3 is 5.32 Å². The number of rotatable bonds is 4. The highest BCUT2D eigenvalue weighted by Crippen LogP contribution is 2.40. The minimum Gasteiger partial charge on any atom is -0.366 e. The van der Waals surface area contributed by atoms with Crippen LogP contribution in [0.15, 0.2) is 48.5 Å². The maximum absolute atomic E-state index is 13.2. The fraction of sp³-hybridized carbons (Fsp3) is 0.235. The molecule has 0 aliphatic heterocycles. The maximum atomic E-state index is 13.2. The molecule has 2 aromatic carbocycles. The summed E-state index contributed by atoms with van der Waals surface area (Å²) < 4.78 is 13.2. The molecule has 0 spiro atoms. The standard InChI is InChI=1S/C17H15FN2/c18-15-5-2-6-16(10-15)20-17(11-19)14-4-1-3-13(9-14)12-7-8-12/h1-6,9-10,12,17,20H,7-8H2. The zero-order chi connectivity index (χ0) is 13.9. The Balaban J connectivity index is 1.82. The van der Waals surface area contributed by atoms with Gasteiger partial charge in [-0.3, -0.25) is 0 Å². The summed E-state index contributed by atoms with van der Waals surface area (Å²) in [6, 6.07) is 16.1. The SMILES string of the molecule is N#CC(Nc1cccc(F)c1)c1cccc(C2CC2)c1. The Kier molecular flexibility index (Phi) is 3.39. The number of nitrogens with zero attached hydrogens (tertiary/aromatic N) is 1. The number of anilines is 1. The first-order valence-corrected chi connectivity index (χ1v) is 6.78. The van der Waals surface area contributed by atoms with Gasteiger partial charge in [-0.25, -0.2) is 4.39 Å². The average molecular weight is 266 g/mol. The van der Waals surface area contributed by atoms with Crippen molar-refractivity contribution in [3.05, 3.63) is 65.5 Å². The minimum absolute atomic E-state index is 0.307. The zero-order valence-corrected chi connectivity index (χ0v) is 11.0. The summed E-state index contributed by atoms with van der Waals surface area (Å²) in [5.41, 5.74) is 2.85. The molecule has 2 aromatic rings. The number of nitriles is 1. The van der Waals surface area contributed by atoms with E-state index in [2.05, 4.69) is 23.5 Å². The highest BCUT2D eigenvalue weighted by atomic mass is 19.1. The third kappa shape index (κ3) is 2.80. The lowest BCUT2D eigenvalue weighted by atomic mass is 10.0. The Morgan fingerprint density at radius 2 is 1.95 bits per heavy atom. The molecular formula is C17H15FN2. The minimum atomic E-state index is -0.463. The quantitative estimate of drug-likeness (QED) is 0.891. The van der Waals surface area contributed by atoms with Crippen molar-refractivity contribution in [2.45, 2.75) is 24.8 Å². The lowest BCUT2D eigenvalue weighted by Crippen LogP contribution is -2.08. The van der Waals surface area contributed by atoms with Gasteiger partial charge in [0.25, 0.3) is 0 Å². The van der Waals surface area contributed by atoms with Crippen LogP contribution in [0.5, 0.6) is 0 Å². The van der Waals surface area contributed by atoms with E-state index in [1.165, 1.54) is 30.5 Å². The molecular weight excluding hydrogens is 251 g/mol. The molecule has 3 heteroatoms. The van der Waals surface area contributed by atoms with Crippen molar-refractivity contribution in [3.8, 4) is 6.07 Å². The van der Waals surface area contributed by atoms with Crippen LogP contribution in [-0.4, -0.2) is 0 Å². The van der Waals surface area contributed by atoms with Crippen LogP contribution >= 0.6 is 0 Å². The summed E-state index contributed by atoms with van der Waals surface area (Å²) in [7, 11) is 0. The van der Waals surface area contributed by atoms with Crippen molar-refractivity contribution in [1.82, 2.24) is 0 Å². The molecule has 0 amide bonds. The monoisotopic (exact) mass is 266 g/mol. The highest BCUT2D eigenvalue weighted by molar-refractivity contribution is 5.48. The van der Waals surface area contributed by atoms with Gasteiger partial charge >= 0.3 is 0 Å². The summed E-state index contributed by atoms with van der Waals surface area (Å²) in [6.45, 7) is 0. The Hall–Kier alpha value is -2.34. The van der Waals surface area contributed by atoms with Crippen LogP contribution in [0, 0.1) is 17.1 Å². The second kappa shape index (κ2) is 5.34. The van der Waals surface area contributed by atoms with Crippen LogP contribution in [0.4, 0.5) is 10.1 Å². The molecule has 1 unspecified atom stereocenters. The van der Waals surface area contributed by atoms with Gasteiger partial charge in [-0.05, 0) is 48.1 Å².